The van der Waals surface area contributed by atoms with Crippen LogP contribution in [0, 0.1) is 5.82 Å². The first kappa shape index (κ1) is 23.9. The van der Waals surface area contributed by atoms with Crippen LogP contribution in [0.3, 0.4) is 0 Å². The number of nitrogens with zero attached hydrogens (tertiary/aromatic N) is 7. The molecular formula is C24H27F3N8O2. The van der Waals surface area contributed by atoms with Crippen LogP contribution in [0.1, 0.15) is 12.8 Å². The Hall–Kier alpha value is -3.45. The molecule has 3 aromatic heterocycles. The Labute approximate surface area is 210 Å². The van der Waals surface area contributed by atoms with Crippen molar-refractivity contribution in [2.45, 2.75) is 37.6 Å². The van der Waals surface area contributed by atoms with Gasteiger partial charge in [-0.1, -0.05) is 11.3 Å². The van der Waals surface area contributed by atoms with Crippen LogP contribution < -0.4 is 10.1 Å². The van der Waals surface area contributed by atoms with Crippen LogP contribution in [0.25, 0.3) is 27.7 Å². The van der Waals surface area contributed by atoms with Crippen LogP contribution in [0.15, 0.2) is 24.4 Å². The Bertz CT molecular complexity index is 1420. The molecule has 196 valence electrons. The highest BCUT2D eigenvalue weighted by Crippen LogP contribution is 2.35. The standard InChI is InChI=1S/C24H27F3N8O2/c1-36-23-22-21(14-3-4-19-20(9-14)34(32-30-19)7-2-6-25)17(27)11-35(22)31-24(29-23)28-18-5-8-33(10-16(18)26)15-12-37-13-15/h3-4,9,11,15-16,18H,2,5-8,10,12-13H2,1H3,(H,28,31)/t16-,18+/m0/s1. The van der Waals surface area contributed by atoms with Gasteiger partial charge in [0.1, 0.15) is 17.2 Å². The number of piperidine rings is 1. The van der Waals surface area contributed by atoms with Crippen molar-refractivity contribution < 1.29 is 22.6 Å². The summed E-state index contributed by atoms with van der Waals surface area (Å²) >= 11 is 0. The Balaban J connectivity index is 1.31. The third-order valence-corrected chi connectivity index (χ3v) is 7.08. The van der Waals surface area contributed by atoms with Crippen molar-refractivity contribution in [3.8, 4) is 17.0 Å². The monoisotopic (exact) mass is 516 g/mol. The van der Waals surface area contributed by atoms with Crippen LogP contribution in [0.2, 0.25) is 0 Å². The highest BCUT2D eigenvalue weighted by Gasteiger charge is 2.36. The van der Waals surface area contributed by atoms with Gasteiger partial charge in [0.15, 0.2) is 5.82 Å². The van der Waals surface area contributed by atoms with Gasteiger partial charge in [-0.25, -0.2) is 18.0 Å². The third kappa shape index (κ3) is 4.35. The predicted octanol–water partition coefficient (Wildman–Crippen LogP) is 2.87. The van der Waals surface area contributed by atoms with E-state index in [9.17, 15) is 8.78 Å². The molecule has 4 aromatic rings. The molecule has 10 nitrogen and oxygen atoms in total. The maximum absolute atomic E-state index is 15.3. The summed E-state index contributed by atoms with van der Waals surface area (Å²) in [7, 11) is 1.44. The van der Waals surface area contributed by atoms with Crippen molar-refractivity contribution in [2.24, 2.45) is 0 Å². The number of alkyl halides is 2. The fraction of sp³-hybridized carbons (Fsp3) is 0.500. The highest BCUT2D eigenvalue weighted by molar-refractivity contribution is 5.89. The van der Waals surface area contributed by atoms with E-state index in [1.165, 1.54) is 17.8 Å². The summed E-state index contributed by atoms with van der Waals surface area (Å²) < 4.78 is 56.7. The molecule has 0 aliphatic carbocycles. The van der Waals surface area contributed by atoms with E-state index in [1.807, 2.05) is 0 Å². The van der Waals surface area contributed by atoms with Crippen LogP contribution in [0.4, 0.5) is 19.1 Å². The van der Waals surface area contributed by atoms with Crippen molar-refractivity contribution in [3.05, 3.63) is 30.2 Å². The summed E-state index contributed by atoms with van der Waals surface area (Å²) in [5.74, 6) is -0.214. The number of methoxy groups -OCH3 is 1. The number of aromatic nitrogens is 6. The Morgan fingerprint density at radius 2 is 2.14 bits per heavy atom. The molecule has 1 aromatic carbocycles. The van der Waals surface area contributed by atoms with Gasteiger partial charge in [0.25, 0.3) is 0 Å². The van der Waals surface area contributed by atoms with Crippen molar-refractivity contribution in [2.75, 3.05) is 45.4 Å². The molecule has 0 bridgehead atoms. The fourth-order valence-electron chi connectivity index (χ4n) is 5.02. The Morgan fingerprint density at radius 1 is 1.27 bits per heavy atom. The number of likely N-dealkylation sites (tertiary alicyclic amines) is 1. The normalized spacial score (nSPS) is 21.0. The minimum absolute atomic E-state index is 0.153. The predicted molar refractivity (Wildman–Crippen MR) is 130 cm³/mol. The summed E-state index contributed by atoms with van der Waals surface area (Å²) in [6.07, 6.45) is 1.02. The number of aryl methyl sites for hydroxylation is 1. The average molecular weight is 517 g/mol. The third-order valence-electron chi connectivity index (χ3n) is 7.08. The number of nitrogens with one attached hydrogen (secondary N) is 1. The maximum atomic E-state index is 15.3. The maximum Gasteiger partial charge on any atom is 0.244 e. The molecule has 6 rings (SSSR count). The van der Waals surface area contributed by atoms with Crippen molar-refractivity contribution >= 4 is 22.5 Å². The molecule has 2 saturated heterocycles. The number of hydrogen-bond donors (Lipinski definition) is 1. The quantitative estimate of drug-likeness (QED) is 0.382. The highest BCUT2D eigenvalue weighted by atomic mass is 19.1. The molecule has 5 heterocycles. The number of benzene rings is 1. The summed E-state index contributed by atoms with van der Waals surface area (Å²) in [4.78, 5) is 6.55. The SMILES string of the molecule is COc1nc(N[C@@H]2CCN(C3COC3)C[C@@H]2F)nn2cc(F)c(-c3ccc4nnn(CCCF)c4c3)c12. The molecule has 2 fully saturated rings. The lowest BCUT2D eigenvalue weighted by Crippen LogP contribution is -2.57. The second kappa shape index (κ2) is 9.78. The minimum atomic E-state index is -1.11. The van der Waals surface area contributed by atoms with Crippen LogP contribution in [-0.2, 0) is 11.3 Å². The minimum Gasteiger partial charge on any atom is -0.479 e. The first-order valence-electron chi connectivity index (χ1n) is 12.3. The van der Waals surface area contributed by atoms with Gasteiger partial charge in [0.05, 0.1) is 56.4 Å². The van der Waals surface area contributed by atoms with Gasteiger partial charge in [-0.2, -0.15) is 4.98 Å². The molecule has 0 saturated carbocycles. The Morgan fingerprint density at radius 3 is 2.86 bits per heavy atom. The smallest absolute Gasteiger partial charge is 0.244 e. The van der Waals surface area contributed by atoms with E-state index >= 15 is 4.39 Å². The first-order valence-corrected chi connectivity index (χ1v) is 12.3. The van der Waals surface area contributed by atoms with Gasteiger partial charge < -0.3 is 14.8 Å². The summed E-state index contributed by atoms with van der Waals surface area (Å²) in [5.41, 5.74) is 2.43. The number of halogens is 3. The molecule has 2 atom stereocenters. The van der Waals surface area contributed by atoms with Gasteiger partial charge in [-0.15, -0.1) is 10.2 Å². The van der Waals surface area contributed by atoms with Gasteiger partial charge in [-0.3, -0.25) is 9.29 Å². The zero-order valence-electron chi connectivity index (χ0n) is 20.3. The molecule has 1 N–H and O–H groups in total. The first-order chi connectivity index (χ1) is 18.1. The second-order valence-corrected chi connectivity index (χ2v) is 9.39. The molecule has 0 amide bonds. The lowest BCUT2D eigenvalue weighted by molar-refractivity contribution is -0.0794. The van der Waals surface area contributed by atoms with Crippen molar-refractivity contribution in [3.63, 3.8) is 0 Å². The average Bonchev–Trinajstić information content (AvgIpc) is 3.42. The molecule has 13 heteroatoms. The number of fused-ring (bicyclic) bond motifs is 2. The van der Waals surface area contributed by atoms with Crippen molar-refractivity contribution in [1.82, 2.24) is 34.5 Å². The lowest BCUT2D eigenvalue weighted by Gasteiger charge is -2.42. The van der Waals surface area contributed by atoms with Gasteiger partial charge in [0, 0.05) is 19.6 Å². The summed E-state index contributed by atoms with van der Waals surface area (Å²) in [5, 5.41) is 15.7. The van der Waals surface area contributed by atoms with Gasteiger partial charge in [0.2, 0.25) is 11.8 Å². The van der Waals surface area contributed by atoms with Crippen LogP contribution in [-0.4, -0.2) is 92.8 Å². The molecule has 0 spiro atoms. The molecule has 37 heavy (non-hydrogen) atoms. The number of hydrogen-bond acceptors (Lipinski definition) is 8. The van der Waals surface area contributed by atoms with E-state index in [4.69, 9.17) is 9.47 Å². The number of anilines is 1. The van der Waals surface area contributed by atoms with E-state index < -0.39 is 24.7 Å². The van der Waals surface area contributed by atoms with Crippen LogP contribution in [0.5, 0.6) is 5.88 Å². The molecule has 2 aliphatic heterocycles. The van der Waals surface area contributed by atoms with E-state index in [2.05, 4.69) is 30.6 Å². The van der Waals surface area contributed by atoms with Crippen molar-refractivity contribution in [1.29, 1.82) is 0 Å². The fourth-order valence-corrected chi connectivity index (χ4v) is 5.02. The molecular weight excluding hydrogens is 489 g/mol. The van der Waals surface area contributed by atoms with E-state index in [0.717, 1.165) is 6.54 Å². The Kier molecular flexibility index (Phi) is 6.32. The molecule has 0 radical (unpaired) electrons. The van der Waals surface area contributed by atoms with E-state index in [-0.39, 0.29) is 23.4 Å². The van der Waals surface area contributed by atoms with E-state index in [0.29, 0.717) is 61.3 Å². The number of rotatable bonds is 8. The van der Waals surface area contributed by atoms with Gasteiger partial charge >= 0.3 is 0 Å². The van der Waals surface area contributed by atoms with E-state index in [1.54, 1.807) is 22.9 Å². The summed E-state index contributed by atoms with van der Waals surface area (Å²) in [6.45, 7) is 2.24. The zero-order chi connectivity index (χ0) is 25.5. The number of ether oxygens (including phenoxy) is 2. The second-order valence-electron chi connectivity index (χ2n) is 9.39. The van der Waals surface area contributed by atoms with Crippen LogP contribution >= 0.6 is 0 Å². The lowest BCUT2D eigenvalue weighted by atomic mass is 10.0. The molecule has 2 aliphatic rings. The largest absolute Gasteiger partial charge is 0.479 e. The molecule has 0 unspecified atom stereocenters. The topological polar surface area (TPSA) is 94.6 Å². The zero-order valence-corrected chi connectivity index (χ0v) is 20.3. The van der Waals surface area contributed by atoms with Gasteiger partial charge in [-0.05, 0) is 30.5 Å². The summed E-state index contributed by atoms with van der Waals surface area (Å²) in [6, 6.07) is 5.03.